The van der Waals surface area contributed by atoms with Crippen LogP contribution >= 0.6 is 0 Å². The van der Waals surface area contributed by atoms with Crippen molar-refractivity contribution in [3.8, 4) is 11.8 Å². The zero-order chi connectivity index (χ0) is 17.4. The van der Waals surface area contributed by atoms with Gasteiger partial charge in [0.05, 0.1) is 31.0 Å². The number of hydrogen-bond donors (Lipinski definition) is 1. The Hall–Kier alpha value is -2.84. The van der Waals surface area contributed by atoms with Crippen LogP contribution in [0.5, 0.6) is 5.75 Å². The number of anilines is 1. The number of ether oxygens (including phenoxy) is 1. The van der Waals surface area contributed by atoms with Crippen molar-refractivity contribution in [2.45, 2.75) is 13.5 Å². The minimum atomic E-state index is -0.0993. The van der Waals surface area contributed by atoms with Crippen molar-refractivity contribution in [1.82, 2.24) is 4.90 Å². The highest BCUT2D eigenvalue weighted by atomic mass is 16.5. The molecule has 0 unspecified atom stereocenters. The van der Waals surface area contributed by atoms with Crippen molar-refractivity contribution in [3.63, 3.8) is 0 Å². The lowest BCUT2D eigenvalue weighted by molar-refractivity contribution is -0.117. The molecule has 24 heavy (non-hydrogen) atoms. The first-order valence-electron chi connectivity index (χ1n) is 7.80. The quantitative estimate of drug-likeness (QED) is 0.850. The van der Waals surface area contributed by atoms with E-state index in [1.807, 2.05) is 48.2 Å². The minimum Gasteiger partial charge on any atom is -0.495 e. The van der Waals surface area contributed by atoms with Crippen LogP contribution in [0.4, 0.5) is 5.69 Å². The normalized spacial score (nSPS) is 10.2. The van der Waals surface area contributed by atoms with Crippen LogP contribution in [0.25, 0.3) is 0 Å². The summed E-state index contributed by atoms with van der Waals surface area (Å²) in [5, 5.41) is 11.8. The molecular formula is C19H21N3O2. The number of methoxy groups -OCH3 is 1. The second kappa shape index (κ2) is 8.70. The molecule has 2 aromatic rings. The molecule has 0 spiro atoms. The fourth-order valence-corrected chi connectivity index (χ4v) is 2.42. The van der Waals surface area contributed by atoms with E-state index in [4.69, 9.17) is 10.00 Å². The van der Waals surface area contributed by atoms with Crippen molar-refractivity contribution in [2.75, 3.05) is 25.5 Å². The Balaban J connectivity index is 1.99. The summed E-state index contributed by atoms with van der Waals surface area (Å²) in [6.45, 7) is 3.62. The minimum absolute atomic E-state index is 0.0993. The smallest absolute Gasteiger partial charge is 0.238 e. The van der Waals surface area contributed by atoms with E-state index >= 15 is 0 Å². The molecule has 1 N–H and O–H groups in total. The van der Waals surface area contributed by atoms with Gasteiger partial charge in [-0.05, 0) is 36.4 Å². The van der Waals surface area contributed by atoms with Crippen molar-refractivity contribution < 1.29 is 9.53 Å². The molecule has 0 radical (unpaired) electrons. The predicted molar refractivity (Wildman–Crippen MR) is 93.7 cm³/mol. The average Bonchev–Trinajstić information content (AvgIpc) is 2.61. The Labute approximate surface area is 142 Å². The van der Waals surface area contributed by atoms with E-state index in [9.17, 15) is 4.79 Å². The first kappa shape index (κ1) is 17.5. The van der Waals surface area contributed by atoms with Crippen LogP contribution in [0, 0.1) is 11.3 Å². The first-order valence-corrected chi connectivity index (χ1v) is 7.80. The van der Waals surface area contributed by atoms with E-state index in [1.165, 1.54) is 0 Å². The Kier molecular flexibility index (Phi) is 6.35. The first-order chi connectivity index (χ1) is 11.7. The number of likely N-dealkylation sites (N-methyl/N-ethyl adjacent to an activating group) is 1. The van der Waals surface area contributed by atoms with Crippen molar-refractivity contribution in [2.24, 2.45) is 0 Å². The van der Waals surface area contributed by atoms with E-state index in [-0.39, 0.29) is 12.5 Å². The van der Waals surface area contributed by atoms with Crippen molar-refractivity contribution in [3.05, 3.63) is 59.7 Å². The summed E-state index contributed by atoms with van der Waals surface area (Å²) in [5.41, 5.74) is 2.30. The molecule has 0 aliphatic rings. The number of hydrogen-bond acceptors (Lipinski definition) is 4. The van der Waals surface area contributed by atoms with E-state index in [1.54, 1.807) is 19.2 Å². The average molecular weight is 323 g/mol. The monoisotopic (exact) mass is 323 g/mol. The highest BCUT2D eigenvalue weighted by molar-refractivity contribution is 5.93. The molecule has 2 aromatic carbocycles. The SMILES string of the molecule is CCN(CC(=O)Nc1ccccc1OC)Cc1cccc(C#N)c1. The Morgan fingerprint density at radius 1 is 1.25 bits per heavy atom. The van der Waals surface area contributed by atoms with Crippen LogP contribution in [0.3, 0.4) is 0 Å². The van der Waals surface area contributed by atoms with Crippen molar-refractivity contribution in [1.29, 1.82) is 5.26 Å². The fraction of sp³-hybridized carbons (Fsp3) is 0.263. The van der Waals surface area contributed by atoms with E-state index in [2.05, 4.69) is 11.4 Å². The van der Waals surface area contributed by atoms with Gasteiger partial charge in [0.2, 0.25) is 5.91 Å². The van der Waals surface area contributed by atoms with Crippen LogP contribution in [-0.2, 0) is 11.3 Å². The van der Waals surface area contributed by atoms with Gasteiger partial charge in [-0.2, -0.15) is 5.26 Å². The second-order valence-corrected chi connectivity index (χ2v) is 5.36. The Morgan fingerprint density at radius 3 is 2.75 bits per heavy atom. The third-order valence-corrected chi connectivity index (χ3v) is 3.66. The summed E-state index contributed by atoms with van der Waals surface area (Å²) in [5.74, 6) is 0.536. The molecule has 1 amide bonds. The van der Waals surface area contributed by atoms with Gasteiger partial charge >= 0.3 is 0 Å². The van der Waals surface area contributed by atoms with Gasteiger partial charge in [0.1, 0.15) is 5.75 Å². The number of carbonyl (C=O) groups excluding carboxylic acids is 1. The van der Waals surface area contributed by atoms with Crippen LogP contribution in [-0.4, -0.2) is 31.0 Å². The lowest BCUT2D eigenvalue weighted by Crippen LogP contribution is -2.32. The third kappa shape index (κ3) is 4.83. The summed E-state index contributed by atoms with van der Waals surface area (Å²) in [6.07, 6.45) is 0. The zero-order valence-corrected chi connectivity index (χ0v) is 14.0. The van der Waals surface area contributed by atoms with Gasteiger partial charge in [-0.15, -0.1) is 0 Å². The maximum absolute atomic E-state index is 12.3. The highest BCUT2D eigenvalue weighted by Crippen LogP contribution is 2.22. The number of nitriles is 1. The summed E-state index contributed by atoms with van der Waals surface area (Å²) < 4.78 is 5.24. The second-order valence-electron chi connectivity index (χ2n) is 5.36. The molecule has 0 aliphatic carbocycles. The fourth-order valence-electron chi connectivity index (χ4n) is 2.42. The number of nitrogens with one attached hydrogen (secondary N) is 1. The summed E-state index contributed by atoms with van der Waals surface area (Å²) >= 11 is 0. The standard InChI is InChI=1S/C19H21N3O2/c1-3-22(13-16-8-6-7-15(11-16)12-20)14-19(23)21-17-9-4-5-10-18(17)24-2/h4-11H,3,13-14H2,1-2H3,(H,21,23). The Morgan fingerprint density at radius 2 is 2.04 bits per heavy atom. The predicted octanol–water partition coefficient (Wildman–Crippen LogP) is 3.03. The maximum Gasteiger partial charge on any atom is 0.238 e. The largest absolute Gasteiger partial charge is 0.495 e. The maximum atomic E-state index is 12.3. The van der Waals surface area contributed by atoms with Gasteiger partial charge < -0.3 is 10.1 Å². The van der Waals surface area contributed by atoms with Gasteiger partial charge in [0, 0.05) is 6.54 Å². The van der Waals surface area contributed by atoms with Crippen LogP contribution in [0.2, 0.25) is 0 Å². The Bertz CT molecular complexity index is 737. The molecule has 124 valence electrons. The number of amides is 1. The van der Waals surface area contributed by atoms with E-state index in [0.29, 0.717) is 23.5 Å². The van der Waals surface area contributed by atoms with Gasteiger partial charge in [0.25, 0.3) is 0 Å². The summed E-state index contributed by atoms with van der Waals surface area (Å²) in [6, 6.07) is 16.9. The zero-order valence-electron chi connectivity index (χ0n) is 14.0. The topological polar surface area (TPSA) is 65.4 Å². The van der Waals surface area contributed by atoms with Gasteiger partial charge in [-0.25, -0.2) is 0 Å². The molecule has 5 nitrogen and oxygen atoms in total. The van der Waals surface area contributed by atoms with Crippen LogP contribution < -0.4 is 10.1 Å². The number of rotatable bonds is 7. The van der Waals surface area contributed by atoms with E-state index < -0.39 is 0 Å². The number of nitrogens with zero attached hydrogens (tertiary/aromatic N) is 2. The molecule has 2 rings (SSSR count). The number of benzene rings is 2. The number of carbonyl (C=O) groups is 1. The summed E-state index contributed by atoms with van der Waals surface area (Å²) in [7, 11) is 1.57. The molecule has 0 heterocycles. The summed E-state index contributed by atoms with van der Waals surface area (Å²) in [4.78, 5) is 14.3. The van der Waals surface area contributed by atoms with Gasteiger partial charge in [-0.1, -0.05) is 31.2 Å². The molecule has 5 heteroatoms. The molecule has 0 saturated carbocycles. The molecule has 0 saturated heterocycles. The number of para-hydroxylation sites is 2. The lowest BCUT2D eigenvalue weighted by atomic mass is 10.1. The van der Waals surface area contributed by atoms with Crippen LogP contribution in [0.15, 0.2) is 48.5 Å². The molecule has 0 bridgehead atoms. The molecule has 0 atom stereocenters. The highest BCUT2D eigenvalue weighted by Gasteiger charge is 2.12. The lowest BCUT2D eigenvalue weighted by Gasteiger charge is -2.20. The molecule has 0 fully saturated rings. The molecule has 0 aromatic heterocycles. The van der Waals surface area contributed by atoms with E-state index in [0.717, 1.165) is 12.1 Å². The van der Waals surface area contributed by atoms with Gasteiger partial charge in [0.15, 0.2) is 0 Å². The molecule has 0 aliphatic heterocycles. The molecular weight excluding hydrogens is 302 g/mol. The third-order valence-electron chi connectivity index (χ3n) is 3.66. The van der Waals surface area contributed by atoms with Gasteiger partial charge in [-0.3, -0.25) is 9.69 Å². The van der Waals surface area contributed by atoms with Crippen molar-refractivity contribution >= 4 is 11.6 Å². The van der Waals surface area contributed by atoms with Crippen LogP contribution in [0.1, 0.15) is 18.1 Å².